The van der Waals surface area contributed by atoms with Crippen molar-refractivity contribution in [3.63, 3.8) is 0 Å². The molecule has 0 amide bonds. The molecule has 0 aliphatic carbocycles. The van der Waals surface area contributed by atoms with Gasteiger partial charge in [-0.15, -0.1) is 0 Å². The molecule has 98 heavy (non-hydrogen) atoms. The summed E-state index contributed by atoms with van der Waals surface area (Å²) in [4.78, 5) is 26.0. The van der Waals surface area contributed by atoms with Crippen LogP contribution in [0.25, 0.3) is 189 Å². The summed E-state index contributed by atoms with van der Waals surface area (Å²) in [7, 11) is 0. The molecule has 7 nitrogen and oxygen atoms in total. The molecule has 0 aliphatic rings. The van der Waals surface area contributed by atoms with Crippen LogP contribution in [0, 0.1) is 0 Å². The van der Waals surface area contributed by atoms with Gasteiger partial charge in [0.2, 0.25) is 0 Å². The molecule has 19 aromatic rings. The van der Waals surface area contributed by atoms with E-state index in [0.717, 1.165) is 117 Å². The van der Waals surface area contributed by atoms with Crippen molar-refractivity contribution >= 4 is 75.9 Å². The molecule has 0 saturated heterocycles. The van der Waals surface area contributed by atoms with Gasteiger partial charge in [0.15, 0.2) is 23.3 Å². The van der Waals surface area contributed by atoms with E-state index in [1.165, 1.54) is 48.5 Å². The zero-order chi connectivity index (χ0) is 64.6. The second kappa shape index (κ2) is 23.4. The quantitative estimate of drug-likeness (QED) is 0.121. The summed E-state index contributed by atoms with van der Waals surface area (Å²) < 4.78 is 4.85. The Morgan fingerprint density at radius 2 is 0.520 bits per heavy atom. The van der Waals surface area contributed by atoms with E-state index in [1.54, 1.807) is 0 Å². The van der Waals surface area contributed by atoms with Crippen LogP contribution >= 0.6 is 0 Å². The van der Waals surface area contributed by atoms with Crippen molar-refractivity contribution in [3.05, 3.63) is 346 Å². The molecule has 0 saturated carbocycles. The van der Waals surface area contributed by atoms with E-state index in [2.05, 4.69) is 282 Å². The van der Waals surface area contributed by atoms with Gasteiger partial charge < -0.3 is 9.13 Å². The molecule has 0 spiro atoms. The first-order chi connectivity index (χ1) is 48.6. The summed E-state index contributed by atoms with van der Waals surface area (Å²) >= 11 is 0. The predicted octanol–water partition coefficient (Wildman–Crippen LogP) is 23.3. The van der Waals surface area contributed by atoms with Crippen molar-refractivity contribution in [1.29, 1.82) is 0 Å². The van der Waals surface area contributed by atoms with Gasteiger partial charge in [-0.25, -0.2) is 24.9 Å². The van der Waals surface area contributed by atoms with Gasteiger partial charge in [-0.3, -0.25) is 0 Å². The van der Waals surface area contributed by atoms with E-state index in [0.29, 0.717) is 23.3 Å². The van der Waals surface area contributed by atoms with E-state index in [1.807, 2.05) is 72.8 Å². The first-order valence-corrected chi connectivity index (χ1v) is 33.2. The van der Waals surface area contributed by atoms with Crippen molar-refractivity contribution in [2.24, 2.45) is 0 Å². The fraction of sp³-hybridized carbons (Fsp3) is 0. The van der Waals surface area contributed by atoms with Gasteiger partial charge >= 0.3 is 0 Å². The third-order valence-corrected chi connectivity index (χ3v) is 19.3. The van der Waals surface area contributed by atoms with Gasteiger partial charge in [-0.05, 0) is 138 Å². The van der Waals surface area contributed by atoms with E-state index in [4.69, 9.17) is 24.9 Å². The van der Waals surface area contributed by atoms with Crippen LogP contribution in [0.15, 0.2) is 346 Å². The Balaban J connectivity index is 0.749. The van der Waals surface area contributed by atoms with Crippen molar-refractivity contribution < 1.29 is 0 Å². The number of aromatic nitrogens is 7. The highest BCUT2D eigenvalue weighted by Crippen LogP contribution is 2.45. The maximum absolute atomic E-state index is 5.44. The second-order valence-corrected chi connectivity index (χ2v) is 25.1. The van der Waals surface area contributed by atoms with Gasteiger partial charge in [0, 0.05) is 66.3 Å². The molecule has 0 N–H and O–H groups in total. The average molecular weight is 1250 g/mol. The van der Waals surface area contributed by atoms with Crippen LogP contribution in [-0.2, 0) is 0 Å². The van der Waals surface area contributed by atoms with Crippen LogP contribution in [0.3, 0.4) is 0 Å². The van der Waals surface area contributed by atoms with Crippen molar-refractivity contribution in [2.45, 2.75) is 0 Å². The summed E-state index contributed by atoms with van der Waals surface area (Å²) in [5.74, 6) is 2.54. The molecule has 0 fully saturated rings. The third-order valence-electron chi connectivity index (χ3n) is 19.3. The molecule has 15 aromatic carbocycles. The summed E-state index contributed by atoms with van der Waals surface area (Å²) in [6.45, 7) is 0. The fourth-order valence-electron chi connectivity index (χ4n) is 14.8. The number of fused-ring (bicyclic) bond motifs is 12. The first-order valence-electron chi connectivity index (χ1n) is 33.2. The molecule has 456 valence electrons. The lowest BCUT2D eigenvalue weighted by molar-refractivity contribution is 1.07. The minimum Gasteiger partial charge on any atom is -0.309 e. The standard InChI is InChI=1S/C91H57N7/c1-5-24-58(25-6-1)81-57-82(59-26-7-2-8-27-59)93-91(92-81)68-52-69(97-83-42-18-15-38-76(83)77-39-16-19-43-84(77)97)56-70(53-68)98-85-44-20-17-40-78(85)87-71(41-23-45-86(87)98)66-47-49-75-79-54-65(46-48-74(79)72-36-13-14-37-73(72)80(75)55-66)63-33-21-32-62(50-63)64-34-22-35-67(51-64)90-95-88(60-28-9-3-10-29-60)94-89(96-90)61-30-11-4-12-31-61/h1-57H. The highest BCUT2D eigenvalue weighted by atomic mass is 15.0. The SMILES string of the molecule is c1ccc(-c2cc(-c3ccccc3)nc(-c3cc(-n4c5ccccc5c5ccccc54)cc(-n4c5ccccc5c5c(-c6ccc7c8cc(-c9cccc(-c%10cccc(-c%11nc(-c%12ccccc%12)nc(-c%12ccccc%12)n%11)c%10)c9)ccc8c8ccccc8c7c6)cccc54)c3)n2)cc1. The zero-order valence-corrected chi connectivity index (χ0v) is 53.0. The monoisotopic (exact) mass is 1250 g/mol. The summed E-state index contributed by atoms with van der Waals surface area (Å²) in [6.07, 6.45) is 0. The Kier molecular flexibility index (Phi) is 13.4. The topological polar surface area (TPSA) is 74.3 Å². The Hall–Kier alpha value is -13.2. The molecule has 0 unspecified atom stereocenters. The van der Waals surface area contributed by atoms with Crippen LogP contribution in [0.1, 0.15) is 0 Å². The molecule has 0 bridgehead atoms. The molecular weight excluding hydrogens is 1190 g/mol. The number of para-hydroxylation sites is 3. The lowest BCUT2D eigenvalue weighted by Gasteiger charge is -2.16. The van der Waals surface area contributed by atoms with Gasteiger partial charge in [0.05, 0.1) is 33.5 Å². The van der Waals surface area contributed by atoms with Crippen LogP contribution in [0.5, 0.6) is 0 Å². The summed E-state index contributed by atoms with van der Waals surface area (Å²) in [5.41, 5.74) is 20.7. The largest absolute Gasteiger partial charge is 0.309 e. The fourth-order valence-corrected chi connectivity index (χ4v) is 14.8. The molecule has 7 heteroatoms. The van der Waals surface area contributed by atoms with Crippen LogP contribution < -0.4 is 0 Å². The highest BCUT2D eigenvalue weighted by Gasteiger charge is 2.23. The van der Waals surface area contributed by atoms with Crippen molar-refractivity contribution in [3.8, 4) is 113 Å². The predicted molar refractivity (Wildman–Crippen MR) is 406 cm³/mol. The number of hydrogen-bond acceptors (Lipinski definition) is 5. The smallest absolute Gasteiger partial charge is 0.164 e. The molecule has 4 heterocycles. The number of nitrogens with zero attached hydrogens (tertiary/aromatic N) is 7. The summed E-state index contributed by atoms with van der Waals surface area (Å²) in [6, 6.07) is 124. The Bertz CT molecular complexity index is 6190. The van der Waals surface area contributed by atoms with E-state index in [9.17, 15) is 0 Å². The van der Waals surface area contributed by atoms with Gasteiger partial charge in [-0.1, -0.05) is 273 Å². The minimum absolute atomic E-state index is 0.623. The van der Waals surface area contributed by atoms with E-state index < -0.39 is 0 Å². The van der Waals surface area contributed by atoms with Gasteiger partial charge in [-0.2, -0.15) is 0 Å². The zero-order valence-electron chi connectivity index (χ0n) is 53.0. The maximum atomic E-state index is 5.44. The van der Waals surface area contributed by atoms with E-state index in [-0.39, 0.29) is 0 Å². The number of rotatable bonds is 11. The van der Waals surface area contributed by atoms with Crippen molar-refractivity contribution in [2.75, 3.05) is 0 Å². The number of benzene rings is 15. The van der Waals surface area contributed by atoms with Crippen LogP contribution in [0.2, 0.25) is 0 Å². The Morgan fingerprint density at radius 1 is 0.173 bits per heavy atom. The molecule has 4 aromatic heterocycles. The lowest BCUT2D eigenvalue weighted by Crippen LogP contribution is -2.02. The van der Waals surface area contributed by atoms with E-state index >= 15 is 0 Å². The van der Waals surface area contributed by atoms with Gasteiger partial charge in [0.1, 0.15) is 0 Å². The summed E-state index contributed by atoms with van der Waals surface area (Å²) in [5, 5.41) is 12.0. The third kappa shape index (κ3) is 9.71. The molecule has 0 atom stereocenters. The van der Waals surface area contributed by atoms with Crippen LogP contribution in [-0.4, -0.2) is 34.1 Å². The second-order valence-electron chi connectivity index (χ2n) is 25.1. The number of hydrogen-bond donors (Lipinski definition) is 0. The maximum Gasteiger partial charge on any atom is 0.164 e. The molecule has 0 aliphatic heterocycles. The Morgan fingerprint density at radius 3 is 1.07 bits per heavy atom. The average Bonchev–Trinajstić information content (AvgIpc) is 1.36. The lowest BCUT2D eigenvalue weighted by atomic mass is 9.89. The van der Waals surface area contributed by atoms with Crippen molar-refractivity contribution in [1.82, 2.24) is 34.1 Å². The van der Waals surface area contributed by atoms with Gasteiger partial charge in [0.25, 0.3) is 0 Å². The van der Waals surface area contributed by atoms with Crippen LogP contribution in [0.4, 0.5) is 0 Å². The minimum atomic E-state index is 0.623. The molecular formula is C91H57N7. The normalized spacial score (nSPS) is 11.7. The molecule has 19 rings (SSSR count). The first kappa shape index (κ1) is 56.3. The molecule has 0 radical (unpaired) electrons. The Labute approximate surface area is 565 Å². The highest BCUT2D eigenvalue weighted by molar-refractivity contribution is 6.27.